The fourth-order valence-electron chi connectivity index (χ4n) is 2.95. The van der Waals surface area contributed by atoms with E-state index in [0.29, 0.717) is 24.9 Å². The van der Waals surface area contributed by atoms with Crippen molar-refractivity contribution in [2.45, 2.75) is 51.4 Å². The smallest absolute Gasteiger partial charge is 0.325 e. The van der Waals surface area contributed by atoms with Crippen LogP contribution in [0.25, 0.3) is 0 Å². The first kappa shape index (κ1) is 18.4. The highest BCUT2D eigenvalue weighted by Gasteiger charge is 2.38. The van der Waals surface area contributed by atoms with Crippen LogP contribution >= 0.6 is 0 Å². The van der Waals surface area contributed by atoms with E-state index in [1.807, 2.05) is 20.8 Å². The molecule has 0 aliphatic carbocycles. The highest BCUT2D eigenvalue weighted by atomic mass is 16.6. The molecule has 2 rings (SSSR count). The third-order valence-corrected chi connectivity index (χ3v) is 3.99. The van der Waals surface area contributed by atoms with Crippen molar-refractivity contribution in [3.05, 3.63) is 30.1 Å². The van der Waals surface area contributed by atoms with E-state index in [0.717, 1.165) is 0 Å². The van der Waals surface area contributed by atoms with Crippen molar-refractivity contribution in [1.29, 1.82) is 0 Å². The van der Waals surface area contributed by atoms with Gasteiger partial charge in [-0.25, -0.2) is 0 Å². The minimum atomic E-state index is -0.978. The number of carbonyl (C=O) groups is 2. The number of esters is 1. The molecule has 3 N–H and O–H groups in total. The Balaban J connectivity index is 2.09. The molecule has 1 saturated heterocycles. The molecule has 2 heterocycles. The van der Waals surface area contributed by atoms with Gasteiger partial charge in [0.25, 0.3) is 0 Å². The molecule has 1 aromatic rings. The van der Waals surface area contributed by atoms with Crippen LogP contribution in [0.4, 0.5) is 0 Å². The normalized spacial score (nSPS) is 23.5. The molecule has 0 amide bonds. The Morgan fingerprint density at radius 3 is 2.67 bits per heavy atom. The number of carbonyl (C=O) groups excluding carboxylic acids is 1. The summed E-state index contributed by atoms with van der Waals surface area (Å²) in [5.41, 5.74) is 6.22. The van der Waals surface area contributed by atoms with Gasteiger partial charge < -0.3 is 15.6 Å². The molecule has 0 aromatic carbocycles. The largest absolute Gasteiger partial charge is 0.480 e. The molecule has 3 atom stereocenters. The summed E-state index contributed by atoms with van der Waals surface area (Å²) in [6, 6.07) is 2.55. The summed E-state index contributed by atoms with van der Waals surface area (Å²) in [5.74, 6) is -1.56. The maximum atomic E-state index is 12.2. The molecule has 0 spiro atoms. The number of pyridine rings is 1. The van der Waals surface area contributed by atoms with Gasteiger partial charge in [0.15, 0.2) is 0 Å². The highest BCUT2D eigenvalue weighted by molar-refractivity contribution is 5.76. The molecule has 1 aliphatic rings. The molecule has 132 valence electrons. The summed E-state index contributed by atoms with van der Waals surface area (Å²) in [6.45, 7) is 5.88. The van der Waals surface area contributed by atoms with E-state index in [-0.39, 0.29) is 11.9 Å². The van der Waals surface area contributed by atoms with Gasteiger partial charge in [-0.1, -0.05) is 6.07 Å². The number of aliphatic carboxylic acids is 1. The van der Waals surface area contributed by atoms with Crippen LogP contribution in [0, 0.1) is 5.92 Å². The molecule has 1 fully saturated rings. The second kappa shape index (κ2) is 7.27. The van der Waals surface area contributed by atoms with E-state index < -0.39 is 23.8 Å². The number of likely N-dealkylation sites (tertiary alicyclic amines) is 1. The summed E-state index contributed by atoms with van der Waals surface area (Å²) >= 11 is 0. The monoisotopic (exact) mass is 335 g/mol. The van der Waals surface area contributed by atoms with Crippen LogP contribution in [-0.4, -0.2) is 45.2 Å². The molecule has 7 nitrogen and oxygen atoms in total. The highest BCUT2D eigenvalue weighted by Crippen LogP contribution is 2.30. The molecular weight excluding hydrogens is 310 g/mol. The minimum Gasteiger partial charge on any atom is -0.480 e. The molecule has 0 saturated carbocycles. The Labute approximate surface area is 141 Å². The van der Waals surface area contributed by atoms with E-state index in [1.165, 1.54) is 6.20 Å². The first-order valence-corrected chi connectivity index (χ1v) is 8.06. The quantitative estimate of drug-likeness (QED) is 0.804. The van der Waals surface area contributed by atoms with Crippen molar-refractivity contribution in [3.8, 4) is 0 Å². The van der Waals surface area contributed by atoms with Crippen molar-refractivity contribution < 1.29 is 19.4 Å². The van der Waals surface area contributed by atoms with E-state index in [9.17, 15) is 14.7 Å². The third kappa shape index (κ3) is 4.52. The zero-order valence-corrected chi connectivity index (χ0v) is 14.3. The van der Waals surface area contributed by atoms with Gasteiger partial charge in [0, 0.05) is 18.9 Å². The molecule has 24 heavy (non-hydrogen) atoms. The van der Waals surface area contributed by atoms with Crippen LogP contribution in [0.3, 0.4) is 0 Å². The first-order chi connectivity index (χ1) is 11.2. The number of aromatic nitrogens is 1. The van der Waals surface area contributed by atoms with Crippen LogP contribution in [0.5, 0.6) is 0 Å². The second-order valence-electron chi connectivity index (χ2n) is 7.09. The number of carboxylic acids is 1. The number of nitrogens with two attached hydrogens (primary N) is 1. The average Bonchev–Trinajstić information content (AvgIpc) is 2.48. The zero-order chi connectivity index (χ0) is 17.9. The average molecular weight is 335 g/mol. The topological polar surface area (TPSA) is 106 Å². The van der Waals surface area contributed by atoms with Crippen molar-refractivity contribution in [2.75, 3.05) is 6.54 Å². The second-order valence-corrected chi connectivity index (χ2v) is 7.09. The summed E-state index contributed by atoms with van der Waals surface area (Å²) in [4.78, 5) is 29.6. The molecule has 0 bridgehead atoms. The Hall–Kier alpha value is -1.99. The van der Waals surface area contributed by atoms with Gasteiger partial charge in [-0.15, -0.1) is 0 Å². The van der Waals surface area contributed by atoms with Crippen molar-refractivity contribution in [2.24, 2.45) is 11.7 Å². The Morgan fingerprint density at radius 2 is 2.17 bits per heavy atom. The fraction of sp³-hybridized carbons (Fsp3) is 0.588. The maximum Gasteiger partial charge on any atom is 0.325 e. The number of hydrogen-bond acceptors (Lipinski definition) is 6. The molecular formula is C17H25N3O4. The van der Waals surface area contributed by atoms with Gasteiger partial charge in [0.1, 0.15) is 11.6 Å². The van der Waals surface area contributed by atoms with Gasteiger partial charge in [0.2, 0.25) is 0 Å². The molecule has 3 unspecified atom stereocenters. The van der Waals surface area contributed by atoms with E-state index in [2.05, 4.69) is 4.98 Å². The number of hydrogen-bond donors (Lipinski definition) is 2. The van der Waals surface area contributed by atoms with Crippen LogP contribution in [0.15, 0.2) is 24.5 Å². The lowest BCUT2D eigenvalue weighted by Crippen LogP contribution is -2.52. The Morgan fingerprint density at radius 1 is 1.46 bits per heavy atom. The van der Waals surface area contributed by atoms with E-state index in [1.54, 1.807) is 23.2 Å². The standard InChI is InChI=1S/C17H25N3O4/c1-17(2,3)24-16(23)11-6-8-20(13(18)9-11)14(15(21)22)12-5-4-7-19-10-12/h4-5,7,10-11,13-14H,6,8-9,18H2,1-3H3,(H,21,22). The van der Waals surface area contributed by atoms with Gasteiger partial charge in [0.05, 0.1) is 12.1 Å². The first-order valence-electron chi connectivity index (χ1n) is 8.06. The zero-order valence-electron chi connectivity index (χ0n) is 14.3. The summed E-state index contributed by atoms with van der Waals surface area (Å²) < 4.78 is 5.41. The van der Waals surface area contributed by atoms with Crippen LogP contribution in [0.1, 0.15) is 45.2 Å². The number of ether oxygens (including phenoxy) is 1. The van der Waals surface area contributed by atoms with Crippen LogP contribution in [-0.2, 0) is 14.3 Å². The van der Waals surface area contributed by atoms with Crippen LogP contribution in [0.2, 0.25) is 0 Å². The van der Waals surface area contributed by atoms with Crippen LogP contribution < -0.4 is 5.73 Å². The van der Waals surface area contributed by atoms with Gasteiger partial charge in [-0.05, 0) is 45.2 Å². The maximum absolute atomic E-state index is 12.2. The summed E-state index contributed by atoms with van der Waals surface area (Å²) in [7, 11) is 0. The molecule has 1 aromatic heterocycles. The third-order valence-electron chi connectivity index (χ3n) is 3.99. The number of rotatable bonds is 4. The summed E-state index contributed by atoms with van der Waals surface area (Å²) in [6.07, 6.45) is 3.49. The molecule has 7 heteroatoms. The fourth-order valence-corrected chi connectivity index (χ4v) is 2.95. The van der Waals surface area contributed by atoms with Gasteiger partial charge in [-0.2, -0.15) is 0 Å². The van der Waals surface area contributed by atoms with Crippen molar-refractivity contribution >= 4 is 11.9 Å². The molecule has 1 aliphatic heterocycles. The lowest BCUT2D eigenvalue weighted by atomic mass is 9.92. The van der Waals surface area contributed by atoms with E-state index in [4.69, 9.17) is 10.5 Å². The van der Waals surface area contributed by atoms with Gasteiger partial charge >= 0.3 is 11.9 Å². The SMILES string of the molecule is CC(C)(C)OC(=O)C1CCN(C(C(=O)O)c2cccnc2)C(N)C1. The van der Waals surface area contributed by atoms with Gasteiger partial charge in [-0.3, -0.25) is 19.5 Å². The van der Waals surface area contributed by atoms with Crippen molar-refractivity contribution in [1.82, 2.24) is 9.88 Å². The lowest BCUT2D eigenvalue weighted by molar-refractivity contribution is -0.163. The minimum absolute atomic E-state index is 0.272. The number of nitrogens with zero attached hydrogens (tertiary/aromatic N) is 2. The Kier molecular flexibility index (Phi) is 5.56. The summed E-state index contributed by atoms with van der Waals surface area (Å²) in [5, 5.41) is 9.61. The number of piperidine rings is 1. The predicted molar refractivity (Wildman–Crippen MR) is 87.9 cm³/mol. The lowest BCUT2D eigenvalue weighted by Gasteiger charge is -2.40. The molecule has 0 radical (unpaired) electrons. The number of carboxylic acid groups (broad SMARTS) is 1. The Bertz CT molecular complexity index is 585. The van der Waals surface area contributed by atoms with Crippen molar-refractivity contribution in [3.63, 3.8) is 0 Å². The predicted octanol–water partition coefficient (Wildman–Crippen LogP) is 1.55. The van der Waals surface area contributed by atoms with E-state index >= 15 is 0 Å².